The highest BCUT2D eigenvalue weighted by Crippen LogP contribution is 2.15. The van der Waals surface area contributed by atoms with Crippen molar-refractivity contribution in [2.45, 2.75) is 46.0 Å². The fourth-order valence-corrected chi connectivity index (χ4v) is 1.71. The highest BCUT2D eigenvalue weighted by Gasteiger charge is 2.28. The molecule has 9 nitrogen and oxygen atoms in total. The number of nitrogens with zero attached hydrogens (tertiary/aromatic N) is 3. The van der Waals surface area contributed by atoms with E-state index >= 15 is 0 Å². The predicted molar refractivity (Wildman–Crippen MR) is 70.7 cm³/mol. The summed E-state index contributed by atoms with van der Waals surface area (Å²) in [5, 5.41) is 25.3. The van der Waals surface area contributed by atoms with E-state index < -0.39 is 18.0 Å². The topological polar surface area (TPSA) is 107 Å². The van der Waals surface area contributed by atoms with Gasteiger partial charge in [0.15, 0.2) is 0 Å². The van der Waals surface area contributed by atoms with Crippen LogP contribution in [0.15, 0.2) is 5.28 Å². The van der Waals surface area contributed by atoms with Crippen molar-refractivity contribution in [2.24, 2.45) is 11.2 Å². The second-order valence-corrected chi connectivity index (χ2v) is 5.84. The third-order valence-corrected chi connectivity index (χ3v) is 2.68. The van der Waals surface area contributed by atoms with Gasteiger partial charge >= 0.3 is 6.16 Å². The molecule has 1 rings (SSSR count). The summed E-state index contributed by atoms with van der Waals surface area (Å²) in [7, 11) is 0. The number of hydrogen-bond acceptors (Lipinski definition) is 7. The lowest BCUT2D eigenvalue weighted by Gasteiger charge is -2.19. The van der Waals surface area contributed by atoms with Crippen LogP contribution in [0.25, 0.3) is 0 Å². The fourth-order valence-electron chi connectivity index (χ4n) is 1.71. The van der Waals surface area contributed by atoms with E-state index in [4.69, 9.17) is 19.4 Å². The van der Waals surface area contributed by atoms with Crippen LogP contribution in [0.4, 0.5) is 4.79 Å². The normalized spacial score (nSPS) is 21.1. The molecule has 1 fully saturated rings. The van der Waals surface area contributed by atoms with Gasteiger partial charge in [-0.25, -0.2) is 4.79 Å². The fraction of sp³-hybridized carbons (Fsp3) is 0.917. The number of rotatable bonds is 5. The molecule has 2 atom stereocenters. The first-order chi connectivity index (χ1) is 9.71. The average Bonchev–Trinajstić information content (AvgIpc) is 2.82. The Morgan fingerprint density at radius 3 is 2.76 bits per heavy atom. The molecule has 0 radical (unpaired) electrons. The van der Waals surface area contributed by atoms with E-state index in [-0.39, 0.29) is 12.5 Å². The minimum atomic E-state index is -1.05. The SMILES string of the molecule is CC(O/N=[N+](\[O-])N1CCC(CO)C1)OC(=O)OC(C)(C)C. The van der Waals surface area contributed by atoms with Crippen molar-refractivity contribution < 1.29 is 29.2 Å². The van der Waals surface area contributed by atoms with Gasteiger partial charge in [0, 0.05) is 19.4 Å². The second kappa shape index (κ2) is 7.30. The zero-order valence-electron chi connectivity index (χ0n) is 12.8. The van der Waals surface area contributed by atoms with Crippen LogP contribution in [0.1, 0.15) is 34.1 Å². The summed E-state index contributed by atoms with van der Waals surface area (Å²) >= 11 is 0. The number of ether oxygens (including phenoxy) is 2. The predicted octanol–water partition coefficient (Wildman–Crippen LogP) is 1.41. The first-order valence-corrected chi connectivity index (χ1v) is 6.80. The zero-order chi connectivity index (χ0) is 16.0. The number of aliphatic hydroxyl groups excluding tert-OH is 1. The largest absolute Gasteiger partial charge is 0.569 e. The number of aliphatic hydroxyl groups is 1. The van der Waals surface area contributed by atoms with E-state index in [9.17, 15) is 10.0 Å². The Morgan fingerprint density at radius 1 is 1.57 bits per heavy atom. The van der Waals surface area contributed by atoms with Gasteiger partial charge in [-0.3, -0.25) is 4.84 Å². The van der Waals surface area contributed by atoms with Gasteiger partial charge in [-0.2, -0.15) is 0 Å². The van der Waals surface area contributed by atoms with Crippen LogP contribution < -0.4 is 0 Å². The number of hydrazine groups is 1. The Morgan fingerprint density at radius 2 is 2.24 bits per heavy atom. The van der Waals surface area contributed by atoms with Gasteiger partial charge in [0.25, 0.3) is 6.29 Å². The summed E-state index contributed by atoms with van der Waals surface area (Å²) in [4.78, 5) is 16.4. The minimum absolute atomic E-state index is 0.0311. The third-order valence-electron chi connectivity index (χ3n) is 2.68. The summed E-state index contributed by atoms with van der Waals surface area (Å²) in [5.41, 5.74) is -0.673. The average molecular weight is 305 g/mol. The third kappa shape index (κ3) is 6.48. The van der Waals surface area contributed by atoms with E-state index in [0.29, 0.717) is 24.5 Å². The number of carbonyl (C=O) groups excluding carboxylic acids is 1. The lowest BCUT2D eigenvalue weighted by molar-refractivity contribution is -0.710. The van der Waals surface area contributed by atoms with Crippen molar-refractivity contribution in [1.82, 2.24) is 5.01 Å². The maximum absolute atomic E-state index is 11.6. The Bertz CT molecular complexity index is 382. The first kappa shape index (κ1) is 17.3. The lowest BCUT2D eigenvalue weighted by Crippen LogP contribution is -2.30. The Kier molecular flexibility index (Phi) is 6.01. The molecule has 1 heterocycles. The molecule has 0 amide bonds. The molecule has 1 N–H and O–H groups in total. The van der Waals surface area contributed by atoms with Gasteiger partial charge in [0.1, 0.15) is 5.60 Å². The standard InChI is InChI=1S/C12H23N3O6/c1-9(19-11(17)20-12(2,3)4)21-13-15(18)14-6-5-10(7-14)8-16/h9-10,16H,5-8H2,1-4H3/b15-13-. The van der Waals surface area contributed by atoms with Crippen molar-refractivity contribution >= 4 is 6.16 Å². The highest BCUT2D eigenvalue weighted by molar-refractivity contribution is 5.60. The molecule has 0 aromatic heterocycles. The monoisotopic (exact) mass is 305 g/mol. The van der Waals surface area contributed by atoms with Crippen molar-refractivity contribution in [3.05, 3.63) is 5.21 Å². The molecule has 0 bridgehead atoms. The quantitative estimate of drug-likeness (QED) is 0.269. The van der Waals surface area contributed by atoms with Gasteiger partial charge in [0.05, 0.1) is 18.1 Å². The van der Waals surface area contributed by atoms with Crippen molar-refractivity contribution in [2.75, 3.05) is 19.7 Å². The van der Waals surface area contributed by atoms with E-state index in [1.807, 2.05) is 0 Å². The molecule has 0 spiro atoms. The maximum Gasteiger partial charge on any atom is 0.511 e. The van der Waals surface area contributed by atoms with E-state index in [2.05, 4.69) is 5.28 Å². The number of carbonyl (C=O) groups is 1. The van der Waals surface area contributed by atoms with Crippen LogP contribution in [0, 0.1) is 11.1 Å². The molecular formula is C12H23N3O6. The Labute approximate surface area is 123 Å². The molecule has 9 heteroatoms. The van der Waals surface area contributed by atoms with Crippen molar-refractivity contribution in [3.8, 4) is 0 Å². The van der Waals surface area contributed by atoms with Gasteiger partial charge in [-0.05, 0) is 27.2 Å². The molecule has 1 aliphatic heterocycles. The summed E-state index contributed by atoms with van der Waals surface area (Å²) < 4.78 is 9.71. The smallest absolute Gasteiger partial charge is 0.511 e. The number of hydrogen-bond donors (Lipinski definition) is 1. The van der Waals surface area contributed by atoms with E-state index in [1.54, 1.807) is 20.8 Å². The molecule has 1 aliphatic rings. The molecule has 122 valence electrons. The maximum atomic E-state index is 11.6. The Balaban J connectivity index is 2.36. The lowest BCUT2D eigenvalue weighted by atomic mass is 10.1. The molecular weight excluding hydrogens is 282 g/mol. The van der Waals surface area contributed by atoms with Crippen molar-refractivity contribution in [3.63, 3.8) is 0 Å². The van der Waals surface area contributed by atoms with Gasteiger partial charge < -0.3 is 19.8 Å². The van der Waals surface area contributed by atoms with Gasteiger partial charge in [-0.1, -0.05) is 0 Å². The van der Waals surface area contributed by atoms with E-state index in [0.717, 1.165) is 0 Å². The summed E-state index contributed by atoms with van der Waals surface area (Å²) in [6, 6.07) is 0. The van der Waals surface area contributed by atoms with Crippen LogP contribution in [0.5, 0.6) is 0 Å². The summed E-state index contributed by atoms with van der Waals surface area (Å²) in [5.74, 6) is 0.0621. The highest BCUT2D eigenvalue weighted by atomic mass is 16.8. The van der Waals surface area contributed by atoms with Crippen LogP contribution in [-0.4, -0.2) is 52.8 Å². The van der Waals surface area contributed by atoms with Crippen LogP contribution >= 0.6 is 0 Å². The van der Waals surface area contributed by atoms with Crippen molar-refractivity contribution in [1.29, 1.82) is 0 Å². The van der Waals surface area contributed by atoms with E-state index in [1.165, 1.54) is 11.9 Å². The molecule has 0 saturated carbocycles. The van der Waals surface area contributed by atoms with Crippen LogP contribution in [-0.2, 0) is 14.3 Å². The van der Waals surface area contributed by atoms with Crippen LogP contribution in [0.3, 0.4) is 0 Å². The van der Waals surface area contributed by atoms with Crippen LogP contribution in [0.2, 0.25) is 0 Å². The minimum Gasteiger partial charge on any atom is -0.569 e. The molecule has 0 aliphatic carbocycles. The first-order valence-electron chi connectivity index (χ1n) is 6.80. The Hall–Kier alpha value is -1.77. The second-order valence-electron chi connectivity index (χ2n) is 5.84. The molecule has 1 saturated heterocycles. The van der Waals surface area contributed by atoms with Gasteiger partial charge in [0.2, 0.25) is 5.28 Å². The molecule has 2 unspecified atom stereocenters. The molecule has 0 aromatic carbocycles. The summed E-state index contributed by atoms with van der Waals surface area (Å²) in [6.45, 7) is 7.46. The van der Waals surface area contributed by atoms with Gasteiger partial charge in [-0.15, -0.1) is 5.01 Å². The zero-order valence-corrected chi connectivity index (χ0v) is 12.8. The summed E-state index contributed by atoms with van der Waals surface area (Å²) in [6.07, 6.45) is -1.23. The molecule has 21 heavy (non-hydrogen) atoms. The molecule has 0 aromatic rings.